The van der Waals surface area contributed by atoms with Crippen LogP contribution < -0.4 is 4.74 Å². The number of hydrogen-bond donors (Lipinski definition) is 0. The lowest BCUT2D eigenvalue weighted by Crippen LogP contribution is -2.31. The van der Waals surface area contributed by atoms with E-state index < -0.39 is 0 Å². The minimum absolute atomic E-state index is 0.0621. The number of amides is 1. The van der Waals surface area contributed by atoms with E-state index >= 15 is 0 Å². The number of pyridine rings is 1. The Morgan fingerprint density at radius 1 is 1.37 bits per heavy atom. The quantitative estimate of drug-likeness (QED) is 0.708. The van der Waals surface area contributed by atoms with E-state index in [1.807, 2.05) is 13.8 Å². The van der Waals surface area contributed by atoms with Gasteiger partial charge in [0.2, 0.25) is 5.88 Å². The van der Waals surface area contributed by atoms with E-state index in [1.165, 1.54) is 6.20 Å². The van der Waals surface area contributed by atoms with Crippen molar-refractivity contribution in [3.8, 4) is 5.88 Å². The molecule has 1 heterocycles. The molecule has 0 saturated heterocycles. The molecule has 102 valence electrons. The number of aromatic nitrogens is 1. The van der Waals surface area contributed by atoms with Gasteiger partial charge >= 0.3 is 0 Å². The van der Waals surface area contributed by atoms with E-state index in [1.54, 1.807) is 29.2 Å². The maximum atomic E-state index is 12.2. The van der Waals surface area contributed by atoms with Gasteiger partial charge in [-0.1, -0.05) is 12.2 Å². The highest BCUT2D eigenvalue weighted by Crippen LogP contribution is 2.11. The Morgan fingerprint density at radius 2 is 2.00 bits per heavy atom. The summed E-state index contributed by atoms with van der Waals surface area (Å²) in [5.74, 6) is 0.425. The molecule has 0 unspecified atom stereocenters. The zero-order valence-electron chi connectivity index (χ0n) is 11.5. The molecule has 1 rings (SSSR count). The molecule has 1 amide bonds. The summed E-state index contributed by atoms with van der Waals surface area (Å²) in [6.45, 7) is 12.1. The second-order valence-corrected chi connectivity index (χ2v) is 4.34. The van der Waals surface area contributed by atoms with E-state index in [0.29, 0.717) is 24.5 Å². The van der Waals surface area contributed by atoms with Crippen LogP contribution in [0.2, 0.25) is 0 Å². The fourth-order valence-electron chi connectivity index (χ4n) is 1.55. The van der Waals surface area contributed by atoms with Crippen LogP contribution in [0.1, 0.15) is 24.2 Å². The smallest absolute Gasteiger partial charge is 0.255 e. The van der Waals surface area contributed by atoms with E-state index in [9.17, 15) is 4.79 Å². The van der Waals surface area contributed by atoms with Crippen LogP contribution >= 0.6 is 0 Å². The van der Waals surface area contributed by atoms with Gasteiger partial charge in [0.05, 0.1) is 11.7 Å². The monoisotopic (exact) mass is 260 g/mol. The maximum absolute atomic E-state index is 12.2. The van der Waals surface area contributed by atoms with Crippen molar-refractivity contribution in [3.63, 3.8) is 0 Å². The summed E-state index contributed by atoms with van der Waals surface area (Å²) in [6, 6.07) is 3.42. The first-order valence-electron chi connectivity index (χ1n) is 6.22. The van der Waals surface area contributed by atoms with Gasteiger partial charge < -0.3 is 9.64 Å². The normalized spacial score (nSPS) is 10.1. The molecular weight excluding hydrogens is 240 g/mol. The van der Waals surface area contributed by atoms with Gasteiger partial charge in [0.1, 0.15) is 0 Å². The number of hydrogen-bond acceptors (Lipinski definition) is 3. The average Bonchev–Trinajstić information content (AvgIpc) is 2.38. The molecule has 1 aromatic rings. The summed E-state index contributed by atoms with van der Waals surface area (Å²) >= 11 is 0. The van der Waals surface area contributed by atoms with Crippen molar-refractivity contribution in [1.82, 2.24) is 9.88 Å². The van der Waals surface area contributed by atoms with Crippen LogP contribution in [0.3, 0.4) is 0 Å². The van der Waals surface area contributed by atoms with Crippen molar-refractivity contribution in [2.75, 3.05) is 13.1 Å². The van der Waals surface area contributed by atoms with Crippen LogP contribution in [0, 0.1) is 0 Å². The van der Waals surface area contributed by atoms with Gasteiger partial charge in [0.15, 0.2) is 0 Å². The lowest BCUT2D eigenvalue weighted by Gasteiger charge is -2.19. The lowest BCUT2D eigenvalue weighted by atomic mass is 10.2. The fourth-order valence-corrected chi connectivity index (χ4v) is 1.55. The molecule has 0 bridgehead atoms. The van der Waals surface area contributed by atoms with Gasteiger partial charge in [-0.2, -0.15) is 0 Å². The Labute approximate surface area is 114 Å². The molecule has 0 aliphatic rings. The van der Waals surface area contributed by atoms with Gasteiger partial charge in [0.25, 0.3) is 5.91 Å². The Morgan fingerprint density at radius 3 is 2.42 bits per heavy atom. The molecule has 0 atom stereocenters. The van der Waals surface area contributed by atoms with Crippen LogP contribution in [-0.4, -0.2) is 35.0 Å². The molecule has 1 aromatic heterocycles. The van der Waals surface area contributed by atoms with Crippen LogP contribution in [0.15, 0.2) is 43.6 Å². The SMILES string of the molecule is C=CCN(CC=C)C(=O)c1ccc(OC(C)C)nc1. The summed E-state index contributed by atoms with van der Waals surface area (Å²) in [7, 11) is 0. The molecule has 0 aliphatic carbocycles. The van der Waals surface area contributed by atoms with Crippen molar-refractivity contribution >= 4 is 5.91 Å². The molecule has 0 N–H and O–H groups in total. The first-order chi connectivity index (χ1) is 9.08. The second kappa shape index (κ2) is 7.36. The Balaban J connectivity index is 2.80. The zero-order chi connectivity index (χ0) is 14.3. The number of carbonyl (C=O) groups excluding carboxylic acids is 1. The molecule has 0 aromatic carbocycles. The standard InChI is InChI=1S/C15H20N2O2/c1-5-9-17(10-6-2)15(18)13-7-8-14(16-11-13)19-12(3)4/h5-8,11-12H,1-2,9-10H2,3-4H3. The molecule has 0 aliphatic heterocycles. The number of nitrogens with zero attached hydrogens (tertiary/aromatic N) is 2. The van der Waals surface area contributed by atoms with Crippen LogP contribution in [0.4, 0.5) is 0 Å². The molecule has 19 heavy (non-hydrogen) atoms. The second-order valence-electron chi connectivity index (χ2n) is 4.34. The number of rotatable bonds is 7. The van der Waals surface area contributed by atoms with Crippen LogP contribution in [0.5, 0.6) is 5.88 Å². The molecule has 0 fully saturated rings. The number of carbonyl (C=O) groups is 1. The molecular formula is C15H20N2O2. The minimum Gasteiger partial charge on any atom is -0.475 e. The van der Waals surface area contributed by atoms with Gasteiger partial charge in [-0.25, -0.2) is 4.98 Å². The van der Waals surface area contributed by atoms with Crippen molar-refractivity contribution in [1.29, 1.82) is 0 Å². The Kier molecular flexibility index (Phi) is 5.79. The first kappa shape index (κ1) is 15.0. The van der Waals surface area contributed by atoms with Crippen molar-refractivity contribution < 1.29 is 9.53 Å². The van der Waals surface area contributed by atoms with Crippen LogP contribution in [0.25, 0.3) is 0 Å². The van der Waals surface area contributed by atoms with Crippen molar-refractivity contribution in [2.24, 2.45) is 0 Å². The van der Waals surface area contributed by atoms with Gasteiger partial charge in [-0.05, 0) is 19.9 Å². The van der Waals surface area contributed by atoms with E-state index in [2.05, 4.69) is 18.1 Å². The Bertz CT molecular complexity index is 428. The average molecular weight is 260 g/mol. The van der Waals surface area contributed by atoms with Crippen molar-refractivity contribution in [2.45, 2.75) is 20.0 Å². The molecule has 0 spiro atoms. The van der Waals surface area contributed by atoms with Gasteiger partial charge in [-0.3, -0.25) is 4.79 Å². The van der Waals surface area contributed by atoms with Crippen LogP contribution in [-0.2, 0) is 0 Å². The first-order valence-corrected chi connectivity index (χ1v) is 6.22. The predicted molar refractivity (Wildman–Crippen MR) is 76.3 cm³/mol. The number of ether oxygens (including phenoxy) is 1. The summed E-state index contributed by atoms with van der Waals surface area (Å²) in [5.41, 5.74) is 0.528. The summed E-state index contributed by atoms with van der Waals surface area (Å²) < 4.78 is 5.44. The highest BCUT2D eigenvalue weighted by Gasteiger charge is 2.13. The highest BCUT2D eigenvalue weighted by atomic mass is 16.5. The molecule has 0 radical (unpaired) electrons. The third-order valence-corrected chi connectivity index (χ3v) is 2.33. The largest absolute Gasteiger partial charge is 0.475 e. The van der Waals surface area contributed by atoms with E-state index in [4.69, 9.17) is 4.74 Å². The molecule has 4 heteroatoms. The zero-order valence-corrected chi connectivity index (χ0v) is 11.5. The van der Waals surface area contributed by atoms with E-state index in [0.717, 1.165) is 0 Å². The minimum atomic E-state index is -0.0941. The maximum Gasteiger partial charge on any atom is 0.255 e. The third-order valence-electron chi connectivity index (χ3n) is 2.33. The van der Waals surface area contributed by atoms with Gasteiger partial charge in [0, 0.05) is 25.4 Å². The fraction of sp³-hybridized carbons (Fsp3) is 0.333. The summed E-state index contributed by atoms with van der Waals surface area (Å²) in [6.07, 6.45) is 4.96. The molecule has 0 saturated carbocycles. The lowest BCUT2D eigenvalue weighted by molar-refractivity contribution is 0.0790. The Hall–Kier alpha value is -2.10. The van der Waals surface area contributed by atoms with E-state index in [-0.39, 0.29) is 12.0 Å². The molecule has 4 nitrogen and oxygen atoms in total. The summed E-state index contributed by atoms with van der Waals surface area (Å²) in [5, 5.41) is 0. The highest BCUT2D eigenvalue weighted by molar-refractivity contribution is 5.94. The van der Waals surface area contributed by atoms with Gasteiger partial charge in [-0.15, -0.1) is 13.2 Å². The predicted octanol–water partition coefficient (Wildman–Crippen LogP) is 2.68. The summed E-state index contributed by atoms with van der Waals surface area (Å²) in [4.78, 5) is 18.0. The van der Waals surface area contributed by atoms with Crippen molar-refractivity contribution in [3.05, 3.63) is 49.2 Å². The topological polar surface area (TPSA) is 42.4 Å². The third kappa shape index (κ3) is 4.58.